The Morgan fingerprint density at radius 1 is 1.32 bits per heavy atom. The maximum Gasteiger partial charge on any atom is 0.221 e. The lowest BCUT2D eigenvalue weighted by atomic mass is 9.96. The lowest BCUT2D eigenvalue weighted by Crippen LogP contribution is -2.37. The highest BCUT2D eigenvalue weighted by Crippen LogP contribution is 2.17. The maximum absolute atomic E-state index is 12.1. The monoisotopic (exact) mass is 306 g/mol. The second-order valence-electron chi connectivity index (χ2n) is 6.64. The number of aromatic amines is 1. The van der Waals surface area contributed by atoms with Crippen LogP contribution in [0.3, 0.4) is 0 Å². The van der Waals surface area contributed by atoms with Crippen LogP contribution >= 0.6 is 0 Å². The third-order valence-corrected chi connectivity index (χ3v) is 4.38. The number of carbonyl (C=O) groups excluding carboxylic acids is 1. The number of carbonyl (C=O) groups is 1. The molecule has 2 rings (SSSR count). The van der Waals surface area contributed by atoms with Crippen molar-refractivity contribution in [3.8, 4) is 0 Å². The van der Waals surface area contributed by atoms with Gasteiger partial charge in [-0.1, -0.05) is 32.1 Å². The Labute approximate surface area is 133 Å². The molecule has 2 N–H and O–H groups in total. The molecule has 1 aromatic rings. The summed E-state index contributed by atoms with van der Waals surface area (Å²) in [6.07, 6.45) is 9.36. The Bertz CT molecular complexity index is 449. The molecule has 0 aromatic carbocycles. The van der Waals surface area contributed by atoms with Crippen molar-refractivity contribution in [2.45, 2.75) is 70.9 Å². The molecule has 0 atom stereocenters. The predicted molar refractivity (Wildman–Crippen MR) is 88.5 cm³/mol. The summed E-state index contributed by atoms with van der Waals surface area (Å²) in [6.45, 7) is 3.55. The van der Waals surface area contributed by atoms with Crippen LogP contribution in [-0.2, 0) is 11.3 Å². The summed E-state index contributed by atoms with van der Waals surface area (Å²) in [6, 6.07) is 2.44. The zero-order chi connectivity index (χ0) is 15.8. The van der Waals surface area contributed by atoms with E-state index in [1.54, 1.807) is 0 Å². The molecular formula is C17H30N4O. The van der Waals surface area contributed by atoms with Crippen molar-refractivity contribution in [3.05, 3.63) is 17.5 Å². The normalized spacial score (nSPS) is 17.2. The summed E-state index contributed by atoms with van der Waals surface area (Å²) in [4.78, 5) is 14.3. The molecular weight excluding hydrogens is 276 g/mol. The van der Waals surface area contributed by atoms with Crippen LogP contribution in [0.1, 0.15) is 62.8 Å². The van der Waals surface area contributed by atoms with Gasteiger partial charge in [0.1, 0.15) is 0 Å². The van der Waals surface area contributed by atoms with Crippen LogP contribution in [0.15, 0.2) is 6.07 Å². The van der Waals surface area contributed by atoms with Crippen molar-refractivity contribution in [1.82, 2.24) is 20.4 Å². The Kier molecular flexibility index (Phi) is 6.90. The molecule has 1 heterocycles. The summed E-state index contributed by atoms with van der Waals surface area (Å²) < 4.78 is 0. The molecule has 0 saturated heterocycles. The summed E-state index contributed by atoms with van der Waals surface area (Å²) in [5, 5.41) is 10.4. The Balaban J connectivity index is 1.65. The van der Waals surface area contributed by atoms with E-state index in [-0.39, 0.29) is 5.91 Å². The largest absolute Gasteiger partial charge is 0.353 e. The number of hydrogen-bond acceptors (Lipinski definition) is 3. The molecule has 1 aliphatic rings. The maximum atomic E-state index is 12.1. The topological polar surface area (TPSA) is 61.0 Å². The molecule has 124 valence electrons. The number of hydrogen-bond donors (Lipinski definition) is 2. The van der Waals surface area contributed by atoms with Gasteiger partial charge in [-0.3, -0.25) is 14.8 Å². The number of amides is 1. The zero-order valence-electron chi connectivity index (χ0n) is 14.0. The molecule has 0 spiro atoms. The van der Waals surface area contributed by atoms with E-state index in [1.807, 2.05) is 20.0 Å². The predicted octanol–water partition coefficient (Wildman–Crippen LogP) is 2.77. The van der Waals surface area contributed by atoms with Gasteiger partial charge in [-0.05, 0) is 32.9 Å². The number of aryl methyl sites for hydroxylation is 1. The molecule has 5 nitrogen and oxygen atoms in total. The third-order valence-electron chi connectivity index (χ3n) is 4.38. The van der Waals surface area contributed by atoms with E-state index in [2.05, 4.69) is 20.4 Å². The molecule has 22 heavy (non-hydrogen) atoms. The van der Waals surface area contributed by atoms with Crippen LogP contribution in [-0.4, -0.2) is 40.6 Å². The molecule has 1 aliphatic carbocycles. The Morgan fingerprint density at radius 2 is 2.00 bits per heavy atom. The van der Waals surface area contributed by atoms with Gasteiger partial charge >= 0.3 is 0 Å². The minimum Gasteiger partial charge on any atom is -0.353 e. The average molecular weight is 306 g/mol. The van der Waals surface area contributed by atoms with Crippen LogP contribution in [0.4, 0.5) is 0 Å². The van der Waals surface area contributed by atoms with E-state index in [4.69, 9.17) is 0 Å². The number of nitrogens with zero attached hydrogens (tertiary/aromatic N) is 2. The van der Waals surface area contributed by atoms with Crippen molar-refractivity contribution in [2.75, 3.05) is 13.6 Å². The van der Waals surface area contributed by atoms with E-state index in [1.165, 1.54) is 32.1 Å². The molecule has 0 radical (unpaired) electrons. The fourth-order valence-corrected chi connectivity index (χ4v) is 3.10. The molecule has 1 saturated carbocycles. The molecule has 0 bridgehead atoms. The Hall–Kier alpha value is -1.36. The highest BCUT2D eigenvalue weighted by Gasteiger charge is 2.14. The summed E-state index contributed by atoms with van der Waals surface area (Å²) in [5.74, 6) is 0.190. The van der Waals surface area contributed by atoms with Gasteiger partial charge in [0.15, 0.2) is 0 Å². The Morgan fingerprint density at radius 3 is 2.64 bits per heavy atom. The van der Waals surface area contributed by atoms with Crippen LogP contribution in [0.25, 0.3) is 0 Å². The standard InChI is InChI=1S/C17H30N4O/c1-14-12-16(20-19-14)13-21(2)11-10-17(22)18-15-8-6-4-3-5-7-9-15/h12,15H,3-11,13H2,1-2H3,(H,18,22)(H,19,20). The molecule has 5 heteroatoms. The van der Waals surface area contributed by atoms with Crippen LogP contribution in [0, 0.1) is 6.92 Å². The molecule has 1 aromatic heterocycles. The molecule has 1 fully saturated rings. The molecule has 0 aliphatic heterocycles. The smallest absolute Gasteiger partial charge is 0.221 e. The van der Waals surface area contributed by atoms with Crippen molar-refractivity contribution >= 4 is 5.91 Å². The van der Waals surface area contributed by atoms with E-state index < -0.39 is 0 Å². The second kappa shape index (κ2) is 8.93. The zero-order valence-corrected chi connectivity index (χ0v) is 14.0. The number of rotatable bonds is 6. The van der Waals surface area contributed by atoms with E-state index in [9.17, 15) is 4.79 Å². The lowest BCUT2D eigenvalue weighted by molar-refractivity contribution is -0.122. The SMILES string of the molecule is Cc1cc(CN(C)CCC(=O)NC2CCCCCCC2)n[nH]1. The van der Waals surface area contributed by atoms with Gasteiger partial charge in [-0.15, -0.1) is 0 Å². The van der Waals surface area contributed by atoms with Crippen LogP contribution in [0.5, 0.6) is 0 Å². The molecule has 1 amide bonds. The van der Waals surface area contributed by atoms with E-state index in [0.29, 0.717) is 12.5 Å². The first-order chi connectivity index (χ1) is 10.6. The van der Waals surface area contributed by atoms with E-state index in [0.717, 1.165) is 37.3 Å². The number of nitrogens with one attached hydrogen (secondary N) is 2. The van der Waals surface area contributed by atoms with Crippen molar-refractivity contribution in [1.29, 1.82) is 0 Å². The minimum absolute atomic E-state index is 0.190. The summed E-state index contributed by atoms with van der Waals surface area (Å²) >= 11 is 0. The summed E-state index contributed by atoms with van der Waals surface area (Å²) in [5.41, 5.74) is 2.10. The second-order valence-corrected chi connectivity index (χ2v) is 6.64. The van der Waals surface area contributed by atoms with Crippen molar-refractivity contribution in [2.24, 2.45) is 0 Å². The fraction of sp³-hybridized carbons (Fsp3) is 0.765. The number of H-pyrrole nitrogens is 1. The van der Waals surface area contributed by atoms with Gasteiger partial charge in [-0.2, -0.15) is 5.10 Å². The summed E-state index contributed by atoms with van der Waals surface area (Å²) in [7, 11) is 2.03. The fourth-order valence-electron chi connectivity index (χ4n) is 3.10. The van der Waals surface area contributed by atoms with Crippen LogP contribution in [0.2, 0.25) is 0 Å². The molecule has 0 unspecified atom stereocenters. The number of aromatic nitrogens is 2. The van der Waals surface area contributed by atoms with Gasteiger partial charge in [0.25, 0.3) is 0 Å². The van der Waals surface area contributed by atoms with Gasteiger partial charge in [-0.25, -0.2) is 0 Å². The van der Waals surface area contributed by atoms with Crippen LogP contribution < -0.4 is 5.32 Å². The van der Waals surface area contributed by atoms with Gasteiger partial charge in [0.2, 0.25) is 5.91 Å². The first-order valence-electron chi connectivity index (χ1n) is 8.62. The average Bonchev–Trinajstić information content (AvgIpc) is 2.85. The lowest BCUT2D eigenvalue weighted by Gasteiger charge is -2.22. The third kappa shape index (κ3) is 6.18. The van der Waals surface area contributed by atoms with Gasteiger partial charge < -0.3 is 5.32 Å². The van der Waals surface area contributed by atoms with Gasteiger partial charge in [0.05, 0.1) is 5.69 Å². The van der Waals surface area contributed by atoms with Crippen molar-refractivity contribution < 1.29 is 4.79 Å². The first-order valence-corrected chi connectivity index (χ1v) is 8.62. The minimum atomic E-state index is 0.190. The first kappa shape index (κ1) is 17.0. The highest BCUT2D eigenvalue weighted by atomic mass is 16.1. The van der Waals surface area contributed by atoms with Gasteiger partial charge in [0, 0.05) is 31.2 Å². The van der Waals surface area contributed by atoms with E-state index >= 15 is 0 Å². The highest BCUT2D eigenvalue weighted by molar-refractivity contribution is 5.76. The van der Waals surface area contributed by atoms with Crippen molar-refractivity contribution in [3.63, 3.8) is 0 Å². The quantitative estimate of drug-likeness (QED) is 0.849.